The van der Waals surface area contributed by atoms with Crippen LogP contribution in [-0.2, 0) is 40.1 Å². The second-order valence-electron chi connectivity index (χ2n) is 19.0. The number of hydrogen-bond donors (Lipinski definition) is 3. The smallest absolute Gasteiger partial charge is 0.309 e. The predicted molar refractivity (Wildman–Crippen MR) is 283 cm³/mol. The van der Waals surface area contributed by atoms with Crippen molar-refractivity contribution in [1.82, 2.24) is 20.3 Å². The molecule has 1 amide bonds. The first-order chi connectivity index (χ1) is 34.1. The fourth-order valence-electron chi connectivity index (χ4n) is 8.54. The number of allylic oxidation sites excluding steroid dienone is 10. The van der Waals surface area contributed by atoms with Crippen molar-refractivity contribution in [3.63, 3.8) is 0 Å². The molecular formula is C54H65N5O9S3. The largest absolute Gasteiger partial charge is 0.458 e. The van der Waals surface area contributed by atoms with Crippen LogP contribution in [0.1, 0.15) is 105 Å². The van der Waals surface area contributed by atoms with Crippen molar-refractivity contribution in [3.05, 3.63) is 127 Å². The molecule has 2 fully saturated rings. The van der Waals surface area contributed by atoms with Crippen molar-refractivity contribution >= 4 is 75.8 Å². The van der Waals surface area contributed by atoms with Gasteiger partial charge in [-0.3, -0.25) is 14.4 Å². The lowest BCUT2D eigenvalue weighted by Gasteiger charge is -2.34. The van der Waals surface area contributed by atoms with Gasteiger partial charge in [0, 0.05) is 56.8 Å². The summed E-state index contributed by atoms with van der Waals surface area (Å²) in [6, 6.07) is 5.40. The number of thioether (sulfide) groups is 2. The Hall–Kier alpha value is -5.01. The molecule has 14 nitrogen and oxygen atoms in total. The van der Waals surface area contributed by atoms with Crippen LogP contribution in [0.3, 0.4) is 0 Å². The normalized spacial score (nSPS) is 28.8. The molecule has 17 heteroatoms. The summed E-state index contributed by atoms with van der Waals surface area (Å²) in [5, 5.41) is 29.7. The van der Waals surface area contributed by atoms with Gasteiger partial charge < -0.3 is 34.6 Å². The summed E-state index contributed by atoms with van der Waals surface area (Å²) in [5.41, 5.74) is 2.84. The fourth-order valence-corrected chi connectivity index (χ4v) is 11.1. The molecule has 3 aliphatic heterocycles. The van der Waals surface area contributed by atoms with Gasteiger partial charge >= 0.3 is 5.97 Å². The van der Waals surface area contributed by atoms with Gasteiger partial charge in [0.2, 0.25) is 0 Å². The van der Waals surface area contributed by atoms with Crippen molar-refractivity contribution in [2.45, 2.75) is 115 Å². The van der Waals surface area contributed by atoms with E-state index in [1.165, 1.54) is 17.6 Å². The Morgan fingerprint density at radius 1 is 0.944 bits per heavy atom. The molecule has 378 valence electrons. The number of ether oxygens (including phenoxy) is 3. The van der Waals surface area contributed by atoms with Gasteiger partial charge in [-0.25, -0.2) is 15.0 Å². The number of epoxide rings is 1. The number of carbonyl (C=O) groups excluding carboxylic acids is 3. The number of nitrogens with zero attached hydrogens (tertiary/aromatic N) is 4. The second kappa shape index (κ2) is 25.1. The number of cyclic esters (lactones) is 1. The molecule has 7 atom stereocenters. The summed E-state index contributed by atoms with van der Waals surface area (Å²) < 4.78 is 17.8. The zero-order valence-electron chi connectivity index (χ0n) is 41.2. The number of oxime groups is 1. The number of aliphatic hydroxyl groups is 2. The summed E-state index contributed by atoms with van der Waals surface area (Å²) in [6.07, 6.45) is 25.1. The first kappa shape index (κ1) is 53.8. The number of aliphatic hydroxyl groups excluding tert-OH is 2. The van der Waals surface area contributed by atoms with Crippen LogP contribution in [0.4, 0.5) is 0 Å². The first-order valence-corrected chi connectivity index (χ1v) is 27.0. The number of Topliss-reactive ketones (excluding diaryl/α,β-unsaturated/α-hetero) is 1. The van der Waals surface area contributed by atoms with Crippen molar-refractivity contribution in [2.75, 3.05) is 26.4 Å². The highest BCUT2D eigenvalue weighted by molar-refractivity contribution is 8.03. The molecule has 5 heterocycles. The Labute approximate surface area is 428 Å². The third kappa shape index (κ3) is 15.0. The maximum atomic E-state index is 13.5. The molecule has 1 unspecified atom stereocenters. The summed E-state index contributed by atoms with van der Waals surface area (Å²) in [6.45, 7) is 11.8. The minimum atomic E-state index is -1.30. The Morgan fingerprint density at radius 3 is 2.35 bits per heavy atom. The average Bonchev–Trinajstić information content (AvgIpc) is 3.75. The van der Waals surface area contributed by atoms with Crippen LogP contribution in [0.2, 0.25) is 0 Å². The summed E-state index contributed by atoms with van der Waals surface area (Å²) in [7, 11) is 0. The van der Waals surface area contributed by atoms with Crippen LogP contribution in [-0.4, -0.2) is 105 Å². The monoisotopic (exact) mass is 1020 g/mol. The molecule has 2 aromatic heterocycles. The van der Waals surface area contributed by atoms with E-state index in [1.807, 2.05) is 62.4 Å². The van der Waals surface area contributed by atoms with Crippen molar-refractivity contribution < 1.29 is 43.6 Å². The molecule has 4 aliphatic rings. The summed E-state index contributed by atoms with van der Waals surface area (Å²) >= 11 is 4.80. The number of esters is 1. The third-order valence-electron chi connectivity index (χ3n) is 13.2. The third-order valence-corrected chi connectivity index (χ3v) is 16.2. The number of carbonyl (C=O) groups is 3. The van der Waals surface area contributed by atoms with Crippen LogP contribution < -0.4 is 5.32 Å². The maximum Gasteiger partial charge on any atom is 0.309 e. The Kier molecular flexibility index (Phi) is 19.0. The highest BCUT2D eigenvalue weighted by Gasteiger charge is 2.53. The SMILES string of the molecule is C/C(=C\c1cnc(/C=N/OCCOCCNC(=O)c2ccc3nc4c(nc3c2)CSC2=C\C=C(/C=C\C=C\C=C\C=C2)SC4)s1)C1C[C@@H]2O[C@]2(C)CCC[C@H](C)[C@H](O)[C@@H](C)C(=O)C(C)(C)[C@@H](O)CC(=O)O1. The van der Waals surface area contributed by atoms with Crippen molar-refractivity contribution in [3.8, 4) is 0 Å². The van der Waals surface area contributed by atoms with Crippen LogP contribution in [0, 0.1) is 17.3 Å². The molecule has 2 saturated heterocycles. The van der Waals surface area contributed by atoms with Crippen LogP contribution in [0.25, 0.3) is 17.1 Å². The summed E-state index contributed by atoms with van der Waals surface area (Å²) in [5.74, 6) is -0.654. The van der Waals surface area contributed by atoms with Gasteiger partial charge in [0.15, 0.2) is 0 Å². The second-order valence-corrected chi connectivity index (χ2v) is 22.2. The molecule has 2 bridgehead atoms. The maximum absolute atomic E-state index is 13.5. The van der Waals surface area contributed by atoms with E-state index in [1.54, 1.807) is 62.6 Å². The lowest BCUT2D eigenvalue weighted by Crippen LogP contribution is -2.45. The van der Waals surface area contributed by atoms with E-state index in [4.69, 9.17) is 29.0 Å². The molecule has 0 saturated carbocycles. The van der Waals surface area contributed by atoms with Gasteiger partial charge in [0.25, 0.3) is 5.91 Å². The van der Waals surface area contributed by atoms with Crippen LogP contribution >= 0.6 is 34.9 Å². The number of amides is 1. The quantitative estimate of drug-likeness (QED) is 0.0540. The van der Waals surface area contributed by atoms with E-state index in [2.05, 4.69) is 46.7 Å². The number of hydrogen-bond acceptors (Lipinski definition) is 16. The standard InChI is InChI=1S/C54H65N5O9S3/c1-34-14-13-21-54(6)47(68-54)28-45(67-49(61)29-46(60)53(4,5)51(63)36(3)50(34)62)35(2)26-40-30-56-48(71-40)31-57-66-25-24-65-23-22-55-52(64)37-17-20-41-42(27-37)59-44-33-70-39-16-12-10-8-7-9-11-15-38(18-19-39)69-32-43(44)58-41/h7-12,15-20,26-27,30-31,34,36,45-47,50,60,62H,13-14,21-25,28-29,32-33H2,1-6H3,(H,55,64)/b8-7?,9-7+,10-8+,11-9?,12-10?,15-11-,16-12?,19-18?,35-26+,38-15?,38-18+,39-16?,39-19?,57-31+/t34-,36+,45?,46-,47-,50-,54+/m0/s1. The van der Waals surface area contributed by atoms with Gasteiger partial charge in [-0.1, -0.05) is 75.7 Å². The molecule has 0 spiro atoms. The van der Waals surface area contributed by atoms with E-state index in [9.17, 15) is 24.6 Å². The summed E-state index contributed by atoms with van der Waals surface area (Å²) in [4.78, 5) is 62.8. The van der Waals surface area contributed by atoms with Gasteiger partial charge in [-0.05, 0) is 86.8 Å². The molecule has 1 aromatic carbocycles. The van der Waals surface area contributed by atoms with Gasteiger partial charge in [-0.15, -0.1) is 34.9 Å². The topological polar surface area (TPSA) is 195 Å². The predicted octanol–water partition coefficient (Wildman–Crippen LogP) is 9.40. The highest BCUT2D eigenvalue weighted by atomic mass is 32.2. The lowest BCUT2D eigenvalue weighted by molar-refractivity contribution is -0.154. The zero-order valence-corrected chi connectivity index (χ0v) is 43.7. The van der Waals surface area contributed by atoms with E-state index in [-0.39, 0.29) is 55.6 Å². The van der Waals surface area contributed by atoms with E-state index in [0.29, 0.717) is 40.6 Å². The number of fused-ring (bicyclic) bond motifs is 4. The molecular weight excluding hydrogens is 959 g/mol. The minimum absolute atomic E-state index is 0.123. The van der Waals surface area contributed by atoms with Crippen molar-refractivity contribution in [2.24, 2.45) is 22.4 Å². The fraction of sp³-hybridized carbons (Fsp3) is 0.463. The van der Waals surface area contributed by atoms with Gasteiger partial charge in [0.05, 0.1) is 71.4 Å². The Morgan fingerprint density at radius 2 is 1.63 bits per heavy atom. The minimum Gasteiger partial charge on any atom is -0.458 e. The van der Waals surface area contributed by atoms with Crippen LogP contribution in [0.5, 0.6) is 0 Å². The zero-order chi connectivity index (χ0) is 50.5. The lowest BCUT2D eigenvalue weighted by atomic mass is 9.73. The van der Waals surface area contributed by atoms with Crippen LogP contribution in [0.15, 0.2) is 106 Å². The average molecular weight is 1020 g/mol. The van der Waals surface area contributed by atoms with E-state index >= 15 is 0 Å². The molecule has 1 aliphatic carbocycles. The number of benzene rings is 1. The molecule has 71 heavy (non-hydrogen) atoms. The Bertz CT molecular complexity index is 2650. The number of aromatic nitrogens is 3. The molecule has 3 N–H and O–H groups in total. The first-order valence-electron chi connectivity index (χ1n) is 24.2. The highest BCUT2D eigenvalue weighted by Crippen LogP contribution is 2.45. The number of nitrogens with one attached hydrogen (secondary N) is 1. The van der Waals surface area contributed by atoms with E-state index < -0.39 is 35.6 Å². The molecule has 7 rings (SSSR count). The number of thiazole rings is 1. The van der Waals surface area contributed by atoms with Gasteiger partial charge in [0.1, 0.15) is 29.7 Å². The molecule has 0 radical (unpaired) electrons. The Balaban J connectivity index is 0.861. The number of rotatable bonds is 11. The van der Waals surface area contributed by atoms with E-state index in [0.717, 1.165) is 56.4 Å². The number of ketones is 1. The van der Waals surface area contributed by atoms with Gasteiger partial charge in [-0.2, -0.15) is 0 Å². The molecule has 3 aromatic rings. The van der Waals surface area contributed by atoms with Crippen molar-refractivity contribution in [1.29, 1.82) is 0 Å².